The van der Waals surface area contributed by atoms with Crippen molar-refractivity contribution in [3.63, 3.8) is 0 Å². The minimum absolute atomic E-state index is 0.352. The first-order valence-corrected chi connectivity index (χ1v) is 8.83. The molecule has 0 spiro atoms. The van der Waals surface area contributed by atoms with Crippen molar-refractivity contribution in [1.82, 2.24) is 10.9 Å². The van der Waals surface area contributed by atoms with E-state index in [1.807, 2.05) is 24.3 Å². The predicted molar refractivity (Wildman–Crippen MR) is 103 cm³/mol. The molecule has 25 heavy (non-hydrogen) atoms. The average Bonchev–Trinajstić information content (AvgIpc) is 2.96. The first-order chi connectivity index (χ1) is 12.0. The van der Waals surface area contributed by atoms with Gasteiger partial charge in [-0.3, -0.25) is 20.4 Å². The van der Waals surface area contributed by atoms with Crippen LogP contribution in [-0.4, -0.2) is 11.8 Å². The fraction of sp³-hybridized carbons (Fsp3) is 0. The maximum Gasteiger partial charge on any atom is 0.281 e. The maximum atomic E-state index is 12.2. The molecule has 0 saturated carbocycles. The average molecular weight is 391 g/mol. The van der Waals surface area contributed by atoms with Gasteiger partial charge in [0.25, 0.3) is 11.8 Å². The Morgan fingerprint density at radius 2 is 1.68 bits per heavy atom. The second-order valence-electron chi connectivity index (χ2n) is 5.07. The lowest BCUT2D eigenvalue weighted by atomic mass is 10.2. The summed E-state index contributed by atoms with van der Waals surface area (Å²) in [6, 6.07) is 14.5. The molecule has 3 aromatic rings. The molecular weight excluding hydrogens is 379 g/mol. The number of carbonyl (C=O) groups excluding carboxylic acids is 2. The van der Waals surface area contributed by atoms with Crippen molar-refractivity contribution in [3.05, 3.63) is 75.1 Å². The van der Waals surface area contributed by atoms with Crippen molar-refractivity contribution in [2.75, 3.05) is 0 Å². The van der Waals surface area contributed by atoms with E-state index in [1.54, 1.807) is 30.3 Å². The molecule has 0 fully saturated rings. The fourth-order valence-electron chi connectivity index (χ4n) is 2.12. The van der Waals surface area contributed by atoms with Crippen LogP contribution in [0.25, 0.3) is 16.2 Å². The largest absolute Gasteiger partial charge is 0.281 e. The molecule has 2 N–H and O–H groups in total. The van der Waals surface area contributed by atoms with E-state index in [0.29, 0.717) is 14.9 Å². The second-order valence-corrected chi connectivity index (χ2v) is 6.94. The lowest BCUT2D eigenvalue weighted by Gasteiger charge is -2.04. The molecular formula is C18H12Cl2N2O2S. The van der Waals surface area contributed by atoms with Gasteiger partial charge in [-0.25, -0.2) is 0 Å². The van der Waals surface area contributed by atoms with Gasteiger partial charge in [0.05, 0.1) is 5.02 Å². The number of carbonyl (C=O) groups is 2. The number of amides is 2. The molecule has 4 nitrogen and oxygen atoms in total. The maximum absolute atomic E-state index is 12.2. The Morgan fingerprint density at radius 3 is 2.40 bits per heavy atom. The molecule has 0 aliphatic rings. The van der Waals surface area contributed by atoms with Gasteiger partial charge in [0.15, 0.2) is 0 Å². The van der Waals surface area contributed by atoms with Crippen molar-refractivity contribution in [2.24, 2.45) is 0 Å². The highest BCUT2D eigenvalue weighted by Crippen LogP contribution is 2.34. The second kappa shape index (κ2) is 7.70. The van der Waals surface area contributed by atoms with Gasteiger partial charge in [0, 0.05) is 21.2 Å². The predicted octanol–water partition coefficient (Wildman–Crippen LogP) is 4.68. The molecule has 0 saturated heterocycles. The van der Waals surface area contributed by atoms with Gasteiger partial charge in [-0.15, -0.1) is 11.3 Å². The van der Waals surface area contributed by atoms with Gasteiger partial charge >= 0.3 is 0 Å². The van der Waals surface area contributed by atoms with Gasteiger partial charge < -0.3 is 0 Å². The summed E-state index contributed by atoms with van der Waals surface area (Å²) in [6.45, 7) is 0. The highest BCUT2D eigenvalue weighted by atomic mass is 35.5. The molecule has 1 aromatic heterocycles. The van der Waals surface area contributed by atoms with Crippen LogP contribution in [0, 0.1) is 0 Å². The first kappa shape index (κ1) is 17.5. The Labute approximate surface area is 158 Å². The lowest BCUT2D eigenvalue weighted by molar-refractivity contribution is -0.117. The van der Waals surface area contributed by atoms with E-state index in [-0.39, 0.29) is 0 Å². The Bertz CT molecular complexity index is 965. The molecule has 0 radical (unpaired) electrons. The van der Waals surface area contributed by atoms with E-state index in [9.17, 15) is 9.59 Å². The first-order valence-electron chi connectivity index (χ1n) is 7.25. The lowest BCUT2D eigenvalue weighted by Crippen LogP contribution is -2.40. The Kier molecular flexibility index (Phi) is 5.38. The fourth-order valence-corrected chi connectivity index (χ4v) is 3.66. The molecule has 1 heterocycles. The molecule has 2 aromatic carbocycles. The number of nitrogens with one attached hydrogen (secondary N) is 2. The molecule has 0 unspecified atom stereocenters. The van der Waals surface area contributed by atoms with Gasteiger partial charge in [0.1, 0.15) is 4.88 Å². The topological polar surface area (TPSA) is 58.2 Å². The number of hydrazine groups is 1. The minimum Gasteiger partial charge on any atom is -0.268 e. The zero-order chi connectivity index (χ0) is 17.8. The highest BCUT2D eigenvalue weighted by Gasteiger charge is 2.16. The van der Waals surface area contributed by atoms with Gasteiger partial charge in [-0.2, -0.15) is 0 Å². The van der Waals surface area contributed by atoms with Gasteiger partial charge in [0.2, 0.25) is 0 Å². The van der Waals surface area contributed by atoms with Gasteiger partial charge in [-0.05, 0) is 29.8 Å². The standard InChI is InChI=1S/C18H12Cl2N2O2S/c19-12-8-5-11(6-9-12)7-10-15(23)21-22-18(24)17-16(20)13-3-1-2-4-14(13)25-17/h1-10H,(H,21,23)(H,22,24)/b10-7+. The molecule has 0 bridgehead atoms. The van der Waals surface area contributed by atoms with E-state index in [4.69, 9.17) is 23.2 Å². The highest BCUT2D eigenvalue weighted by molar-refractivity contribution is 7.21. The summed E-state index contributed by atoms with van der Waals surface area (Å²) in [5.74, 6) is -0.917. The van der Waals surface area contributed by atoms with Crippen molar-refractivity contribution >= 4 is 62.5 Å². The van der Waals surface area contributed by atoms with Crippen LogP contribution in [0.3, 0.4) is 0 Å². The molecule has 3 rings (SSSR count). The molecule has 126 valence electrons. The number of thiophene rings is 1. The number of fused-ring (bicyclic) bond motifs is 1. The van der Waals surface area contributed by atoms with Crippen LogP contribution in [0.15, 0.2) is 54.6 Å². The third-order valence-electron chi connectivity index (χ3n) is 3.34. The van der Waals surface area contributed by atoms with Crippen LogP contribution in [0.4, 0.5) is 0 Å². The summed E-state index contributed by atoms with van der Waals surface area (Å²) < 4.78 is 0.909. The summed E-state index contributed by atoms with van der Waals surface area (Å²) in [5, 5.41) is 1.81. The van der Waals surface area contributed by atoms with E-state index in [1.165, 1.54) is 17.4 Å². The quantitative estimate of drug-likeness (QED) is 0.503. The molecule has 0 aliphatic carbocycles. The number of rotatable bonds is 3. The van der Waals surface area contributed by atoms with E-state index in [0.717, 1.165) is 15.6 Å². The smallest absolute Gasteiger partial charge is 0.268 e. The monoisotopic (exact) mass is 390 g/mol. The van der Waals surface area contributed by atoms with Crippen LogP contribution in [0.2, 0.25) is 10.0 Å². The molecule has 2 amide bonds. The zero-order valence-electron chi connectivity index (χ0n) is 12.8. The zero-order valence-corrected chi connectivity index (χ0v) is 15.1. The molecule has 7 heteroatoms. The SMILES string of the molecule is O=C(/C=C/c1ccc(Cl)cc1)NNC(=O)c1sc2ccccc2c1Cl. The molecule has 0 atom stereocenters. The van der Waals surface area contributed by atoms with Crippen molar-refractivity contribution < 1.29 is 9.59 Å². The van der Waals surface area contributed by atoms with Crippen molar-refractivity contribution in [2.45, 2.75) is 0 Å². The molecule has 0 aliphatic heterocycles. The van der Waals surface area contributed by atoms with Crippen LogP contribution in [0.1, 0.15) is 15.2 Å². The van der Waals surface area contributed by atoms with E-state index < -0.39 is 11.8 Å². The van der Waals surface area contributed by atoms with Crippen LogP contribution < -0.4 is 10.9 Å². The van der Waals surface area contributed by atoms with Crippen LogP contribution >= 0.6 is 34.5 Å². The van der Waals surface area contributed by atoms with Crippen LogP contribution in [-0.2, 0) is 4.79 Å². The normalized spacial score (nSPS) is 11.0. The van der Waals surface area contributed by atoms with Crippen molar-refractivity contribution in [3.8, 4) is 0 Å². The van der Waals surface area contributed by atoms with Gasteiger partial charge in [-0.1, -0.05) is 53.5 Å². The summed E-state index contributed by atoms with van der Waals surface area (Å²) in [5.41, 5.74) is 5.51. The summed E-state index contributed by atoms with van der Waals surface area (Å²) in [6.07, 6.45) is 2.93. The number of benzene rings is 2. The summed E-state index contributed by atoms with van der Waals surface area (Å²) in [4.78, 5) is 24.4. The minimum atomic E-state index is -0.459. The third-order valence-corrected chi connectivity index (χ3v) is 5.26. The van der Waals surface area contributed by atoms with E-state index >= 15 is 0 Å². The number of halogens is 2. The van der Waals surface area contributed by atoms with Crippen LogP contribution in [0.5, 0.6) is 0 Å². The Morgan fingerprint density at radius 1 is 0.960 bits per heavy atom. The Hall–Kier alpha value is -2.34. The van der Waals surface area contributed by atoms with E-state index in [2.05, 4.69) is 10.9 Å². The number of hydrogen-bond donors (Lipinski definition) is 2. The summed E-state index contributed by atoms with van der Waals surface area (Å²) >= 11 is 13.3. The van der Waals surface area contributed by atoms with Crippen molar-refractivity contribution in [1.29, 1.82) is 0 Å². The third kappa shape index (κ3) is 4.20. The summed E-state index contributed by atoms with van der Waals surface area (Å²) in [7, 11) is 0. The Balaban J connectivity index is 1.62. The number of hydrogen-bond acceptors (Lipinski definition) is 3.